The van der Waals surface area contributed by atoms with Gasteiger partial charge in [-0.2, -0.15) is 13.2 Å². The molecule has 0 spiro atoms. The van der Waals surface area contributed by atoms with Crippen molar-refractivity contribution in [2.75, 3.05) is 0 Å². The second-order valence-corrected chi connectivity index (χ2v) is 5.78. The molecule has 0 saturated carbocycles. The number of halogens is 3. The van der Waals surface area contributed by atoms with Crippen molar-refractivity contribution >= 4 is 5.91 Å². The molecule has 1 atom stereocenters. The van der Waals surface area contributed by atoms with Gasteiger partial charge in [-0.1, -0.05) is 0 Å². The Kier molecular flexibility index (Phi) is 4.29. The summed E-state index contributed by atoms with van der Waals surface area (Å²) in [6.07, 6.45) is -2.27. The number of aromatic nitrogens is 2. The van der Waals surface area contributed by atoms with Crippen LogP contribution in [0.3, 0.4) is 0 Å². The minimum atomic E-state index is -4.55. The fraction of sp³-hybridized carbons (Fsp3) is 0.438. The van der Waals surface area contributed by atoms with E-state index >= 15 is 0 Å². The first-order chi connectivity index (χ1) is 11.3. The van der Waals surface area contributed by atoms with Crippen LogP contribution >= 0.6 is 0 Å². The zero-order valence-corrected chi connectivity index (χ0v) is 13.0. The van der Waals surface area contributed by atoms with Gasteiger partial charge < -0.3 is 9.73 Å². The number of alkyl halides is 3. The molecule has 1 N–H and O–H groups in total. The van der Waals surface area contributed by atoms with Gasteiger partial charge in [-0.15, -0.1) is 0 Å². The zero-order chi connectivity index (χ0) is 17.3. The highest BCUT2D eigenvalue weighted by molar-refractivity contribution is 5.79. The van der Waals surface area contributed by atoms with Crippen molar-refractivity contribution in [1.29, 1.82) is 0 Å². The normalized spacial score (nSPS) is 17.4. The largest absolute Gasteiger partial charge is 0.467 e. The van der Waals surface area contributed by atoms with Gasteiger partial charge in [-0.05, 0) is 38.3 Å². The molecule has 5 nitrogen and oxygen atoms in total. The summed E-state index contributed by atoms with van der Waals surface area (Å²) < 4.78 is 44.8. The number of carbonyl (C=O) groups is 1. The molecular weight excluding hydrogens is 323 g/mol. The molecule has 1 aliphatic carbocycles. The van der Waals surface area contributed by atoms with Crippen LogP contribution in [0.5, 0.6) is 0 Å². The fourth-order valence-electron chi connectivity index (χ4n) is 2.92. The van der Waals surface area contributed by atoms with Crippen molar-refractivity contribution in [1.82, 2.24) is 15.3 Å². The predicted octanol–water partition coefficient (Wildman–Crippen LogP) is 2.82. The highest BCUT2D eigenvalue weighted by atomic mass is 19.4. The van der Waals surface area contributed by atoms with Crippen LogP contribution in [-0.4, -0.2) is 15.9 Å². The van der Waals surface area contributed by atoms with Crippen LogP contribution in [0.25, 0.3) is 0 Å². The standard InChI is InChI=1S/C16H16F3N3O2/c1-9-21-13-5-4-10(7-12(13)14(22-9)16(17,18)19)15(23)20-8-11-3-2-6-24-11/h2-3,6,10H,4-5,7-8H2,1H3,(H,20,23). The molecule has 24 heavy (non-hydrogen) atoms. The van der Waals surface area contributed by atoms with Gasteiger partial charge in [0.05, 0.1) is 12.8 Å². The Labute approximate surface area is 136 Å². The molecule has 0 aliphatic heterocycles. The van der Waals surface area contributed by atoms with Gasteiger partial charge in [-0.25, -0.2) is 9.97 Å². The fourth-order valence-corrected chi connectivity index (χ4v) is 2.92. The SMILES string of the molecule is Cc1nc2c(c(C(F)(F)F)n1)CC(C(=O)NCc1ccco1)CC2. The first kappa shape index (κ1) is 16.5. The Hall–Kier alpha value is -2.38. The molecule has 2 heterocycles. The maximum Gasteiger partial charge on any atom is 0.433 e. The minimum absolute atomic E-state index is 0.00551. The summed E-state index contributed by atoms with van der Waals surface area (Å²) in [5.41, 5.74) is -0.490. The van der Waals surface area contributed by atoms with Crippen molar-refractivity contribution in [3.63, 3.8) is 0 Å². The van der Waals surface area contributed by atoms with Gasteiger partial charge >= 0.3 is 6.18 Å². The Morgan fingerprint density at radius 2 is 2.21 bits per heavy atom. The van der Waals surface area contributed by atoms with E-state index in [2.05, 4.69) is 15.3 Å². The van der Waals surface area contributed by atoms with Crippen molar-refractivity contribution in [3.05, 3.63) is 46.9 Å². The summed E-state index contributed by atoms with van der Waals surface area (Å²) in [6, 6.07) is 3.42. The molecule has 0 bridgehead atoms. The van der Waals surface area contributed by atoms with Crippen LogP contribution in [0, 0.1) is 12.8 Å². The van der Waals surface area contributed by atoms with Crippen molar-refractivity contribution in [3.8, 4) is 0 Å². The van der Waals surface area contributed by atoms with Crippen LogP contribution in [0.1, 0.15) is 35.0 Å². The molecule has 1 aliphatic rings. The van der Waals surface area contributed by atoms with E-state index in [4.69, 9.17) is 4.42 Å². The highest BCUT2D eigenvalue weighted by Crippen LogP contribution is 2.35. The second kappa shape index (κ2) is 6.26. The molecular formula is C16H16F3N3O2. The first-order valence-corrected chi connectivity index (χ1v) is 7.58. The zero-order valence-electron chi connectivity index (χ0n) is 13.0. The van der Waals surface area contributed by atoms with E-state index in [1.165, 1.54) is 13.2 Å². The lowest BCUT2D eigenvalue weighted by molar-refractivity contribution is -0.142. The summed E-state index contributed by atoms with van der Waals surface area (Å²) in [5.74, 6) is -0.123. The van der Waals surface area contributed by atoms with Gasteiger partial charge in [0.1, 0.15) is 11.6 Å². The van der Waals surface area contributed by atoms with Crippen LogP contribution in [0.4, 0.5) is 13.2 Å². The Balaban J connectivity index is 1.77. The maximum absolute atomic E-state index is 13.2. The van der Waals surface area contributed by atoms with E-state index in [0.717, 1.165) is 0 Å². The van der Waals surface area contributed by atoms with Crippen LogP contribution in [0.15, 0.2) is 22.8 Å². The third-order valence-electron chi connectivity index (χ3n) is 4.04. The number of hydrogen-bond donors (Lipinski definition) is 1. The van der Waals surface area contributed by atoms with Crippen molar-refractivity contribution < 1.29 is 22.4 Å². The molecule has 1 unspecified atom stereocenters. The smallest absolute Gasteiger partial charge is 0.433 e. The molecule has 2 aromatic rings. The average Bonchev–Trinajstić information content (AvgIpc) is 3.03. The lowest BCUT2D eigenvalue weighted by atomic mass is 9.85. The molecule has 3 rings (SSSR count). The highest BCUT2D eigenvalue weighted by Gasteiger charge is 2.39. The third kappa shape index (κ3) is 3.42. The van der Waals surface area contributed by atoms with E-state index < -0.39 is 17.8 Å². The van der Waals surface area contributed by atoms with Gasteiger partial charge in [0.25, 0.3) is 0 Å². The number of fused-ring (bicyclic) bond motifs is 1. The number of furan rings is 1. The number of hydrogen-bond acceptors (Lipinski definition) is 4. The van der Waals surface area contributed by atoms with Crippen molar-refractivity contribution in [2.24, 2.45) is 5.92 Å². The molecule has 1 amide bonds. The summed E-state index contributed by atoms with van der Waals surface area (Å²) >= 11 is 0. The van der Waals surface area contributed by atoms with E-state index in [1.54, 1.807) is 12.1 Å². The topological polar surface area (TPSA) is 68.0 Å². The van der Waals surface area contributed by atoms with Gasteiger partial charge in [0.15, 0.2) is 5.69 Å². The summed E-state index contributed by atoms with van der Waals surface area (Å²) in [5, 5.41) is 2.70. The monoisotopic (exact) mass is 339 g/mol. The quantitative estimate of drug-likeness (QED) is 0.934. The number of carbonyl (C=O) groups excluding carboxylic acids is 1. The molecule has 0 saturated heterocycles. The number of rotatable bonds is 3. The number of aryl methyl sites for hydroxylation is 2. The average molecular weight is 339 g/mol. The van der Waals surface area contributed by atoms with Crippen molar-refractivity contribution in [2.45, 2.75) is 38.9 Å². The summed E-state index contributed by atoms with van der Waals surface area (Å²) in [6.45, 7) is 1.66. The summed E-state index contributed by atoms with van der Waals surface area (Å²) in [7, 11) is 0. The number of amides is 1. The number of nitrogens with one attached hydrogen (secondary N) is 1. The maximum atomic E-state index is 13.2. The Morgan fingerprint density at radius 3 is 2.88 bits per heavy atom. The molecule has 128 valence electrons. The number of nitrogens with zero attached hydrogens (tertiary/aromatic N) is 2. The van der Waals surface area contributed by atoms with E-state index in [0.29, 0.717) is 24.3 Å². The second-order valence-electron chi connectivity index (χ2n) is 5.78. The minimum Gasteiger partial charge on any atom is -0.467 e. The van der Waals surface area contributed by atoms with E-state index in [9.17, 15) is 18.0 Å². The van der Waals surface area contributed by atoms with Gasteiger partial charge in [0.2, 0.25) is 5.91 Å². The predicted molar refractivity (Wildman–Crippen MR) is 77.8 cm³/mol. The molecule has 0 aromatic carbocycles. The van der Waals surface area contributed by atoms with E-state index in [-0.39, 0.29) is 30.3 Å². The summed E-state index contributed by atoms with van der Waals surface area (Å²) in [4.78, 5) is 19.9. The lowest BCUT2D eigenvalue weighted by Crippen LogP contribution is -2.35. The Morgan fingerprint density at radius 1 is 1.42 bits per heavy atom. The van der Waals surface area contributed by atoms with Gasteiger partial charge in [-0.3, -0.25) is 4.79 Å². The van der Waals surface area contributed by atoms with Crippen LogP contribution < -0.4 is 5.32 Å². The Bertz CT molecular complexity index is 742. The van der Waals surface area contributed by atoms with Gasteiger partial charge in [0, 0.05) is 17.2 Å². The first-order valence-electron chi connectivity index (χ1n) is 7.58. The molecule has 8 heteroatoms. The van der Waals surface area contributed by atoms with Crippen LogP contribution in [-0.2, 0) is 30.4 Å². The lowest BCUT2D eigenvalue weighted by Gasteiger charge is -2.25. The molecule has 2 aromatic heterocycles. The molecule has 0 radical (unpaired) electrons. The van der Waals surface area contributed by atoms with Crippen LogP contribution in [0.2, 0.25) is 0 Å². The third-order valence-corrected chi connectivity index (χ3v) is 4.04. The molecule has 0 fully saturated rings. The van der Waals surface area contributed by atoms with E-state index in [1.807, 2.05) is 0 Å².